The van der Waals surface area contributed by atoms with E-state index in [0.29, 0.717) is 5.02 Å². The first kappa shape index (κ1) is 13.1. The minimum atomic E-state index is -0.234. The van der Waals surface area contributed by atoms with E-state index in [1.54, 1.807) is 10.9 Å². The Morgan fingerprint density at radius 2 is 2.06 bits per heavy atom. The molecule has 0 spiro atoms. The van der Waals surface area contributed by atoms with E-state index in [2.05, 4.69) is 10.5 Å². The van der Waals surface area contributed by atoms with Crippen LogP contribution < -0.4 is 11.3 Å². The molecule has 2 rings (SSSR count). The zero-order valence-corrected chi connectivity index (χ0v) is 11.7. The molecule has 1 atom stereocenters. The van der Waals surface area contributed by atoms with Gasteiger partial charge in [-0.3, -0.25) is 10.5 Å². The van der Waals surface area contributed by atoms with E-state index in [1.807, 2.05) is 27.8 Å². The van der Waals surface area contributed by atoms with Crippen LogP contribution in [0.5, 0.6) is 0 Å². The summed E-state index contributed by atoms with van der Waals surface area (Å²) < 4.78 is 7.35. The first-order valence-corrected chi connectivity index (χ1v) is 6.05. The van der Waals surface area contributed by atoms with Crippen molar-refractivity contribution in [1.29, 1.82) is 0 Å². The van der Waals surface area contributed by atoms with Crippen LogP contribution in [0.1, 0.15) is 34.4 Å². The summed E-state index contributed by atoms with van der Waals surface area (Å²) in [6.45, 7) is 5.87. The third-order valence-corrected chi connectivity index (χ3v) is 3.58. The molecule has 2 aromatic heterocycles. The first-order chi connectivity index (χ1) is 8.47. The van der Waals surface area contributed by atoms with Gasteiger partial charge in [0.25, 0.3) is 0 Å². The predicted octanol–water partition coefficient (Wildman–Crippen LogP) is 2.14. The average Bonchev–Trinajstić information content (AvgIpc) is 2.76. The van der Waals surface area contributed by atoms with E-state index < -0.39 is 0 Å². The third-order valence-electron chi connectivity index (χ3n) is 3.28. The molecular formula is C12H17ClN4O. The summed E-state index contributed by atoms with van der Waals surface area (Å²) in [4.78, 5) is 0. The number of nitrogens with two attached hydrogens (primary N) is 1. The number of hydrazine groups is 1. The molecule has 0 fully saturated rings. The van der Waals surface area contributed by atoms with E-state index >= 15 is 0 Å². The third kappa shape index (κ3) is 1.94. The van der Waals surface area contributed by atoms with Gasteiger partial charge in [-0.25, -0.2) is 5.43 Å². The second-order valence-corrected chi connectivity index (χ2v) is 4.76. The van der Waals surface area contributed by atoms with Crippen LogP contribution in [0, 0.1) is 20.8 Å². The van der Waals surface area contributed by atoms with Crippen molar-refractivity contribution < 1.29 is 4.42 Å². The van der Waals surface area contributed by atoms with Crippen LogP contribution in [0.25, 0.3) is 0 Å². The Labute approximate surface area is 111 Å². The maximum atomic E-state index is 6.17. The average molecular weight is 269 g/mol. The quantitative estimate of drug-likeness (QED) is 0.661. The number of hydrogen-bond acceptors (Lipinski definition) is 4. The van der Waals surface area contributed by atoms with Crippen LogP contribution in [0.2, 0.25) is 5.02 Å². The summed E-state index contributed by atoms with van der Waals surface area (Å²) in [6.07, 6.45) is 1.61. The number of aromatic nitrogens is 2. The normalized spacial score (nSPS) is 13.0. The predicted molar refractivity (Wildman–Crippen MR) is 70.3 cm³/mol. The highest BCUT2D eigenvalue weighted by atomic mass is 35.5. The van der Waals surface area contributed by atoms with E-state index in [0.717, 1.165) is 28.3 Å². The van der Waals surface area contributed by atoms with Gasteiger partial charge in [0.15, 0.2) is 0 Å². The van der Waals surface area contributed by atoms with Crippen LogP contribution in [0.3, 0.4) is 0 Å². The van der Waals surface area contributed by atoms with E-state index in [1.165, 1.54) is 0 Å². The molecular weight excluding hydrogens is 252 g/mol. The second-order valence-electron chi connectivity index (χ2n) is 4.35. The Morgan fingerprint density at radius 1 is 1.39 bits per heavy atom. The van der Waals surface area contributed by atoms with Gasteiger partial charge < -0.3 is 4.42 Å². The van der Waals surface area contributed by atoms with Gasteiger partial charge in [-0.15, -0.1) is 0 Å². The molecule has 3 N–H and O–H groups in total. The van der Waals surface area contributed by atoms with Crippen LogP contribution in [-0.2, 0) is 7.05 Å². The van der Waals surface area contributed by atoms with Crippen LogP contribution in [-0.4, -0.2) is 9.78 Å². The number of aryl methyl sites for hydroxylation is 3. The molecule has 0 bridgehead atoms. The first-order valence-electron chi connectivity index (χ1n) is 5.67. The smallest absolute Gasteiger partial charge is 0.106 e. The molecule has 0 saturated carbocycles. The zero-order valence-electron chi connectivity index (χ0n) is 10.9. The van der Waals surface area contributed by atoms with Gasteiger partial charge in [0.2, 0.25) is 0 Å². The van der Waals surface area contributed by atoms with E-state index in [-0.39, 0.29) is 6.04 Å². The van der Waals surface area contributed by atoms with Crippen molar-refractivity contribution in [1.82, 2.24) is 15.2 Å². The highest BCUT2D eigenvalue weighted by Gasteiger charge is 2.26. The summed E-state index contributed by atoms with van der Waals surface area (Å²) in [6, 6.07) is -0.234. The Kier molecular flexibility index (Phi) is 3.47. The molecule has 0 aliphatic carbocycles. The molecule has 0 aromatic carbocycles. The van der Waals surface area contributed by atoms with Crippen molar-refractivity contribution in [2.24, 2.45) is 12.9 Å². The van der Waals surface area contributed by atoms with E-state index in [4.69, 9.17) is 21.9 Å². The van der Waals surface area contributed by atoms with E-state index in [9.17, 15) is 0 Å². The number of hydrogen-bond donors (Lipinski definition) is 2. The van der Waals surface area contributed by atoms with Crippen LogP contribution >= 0.6 is 11.6 Å². The lowest BCUT2D eigenvalue weighted by molar-refractivity contribution is 0.490. The lowest BCUT2D eigenvalue weighted by Gasteiger charge is -2.17. The summed E-state index contributed by atoms with van der Waals surface area (Å²) in [5, 5.41) is 4.72. The number of halogens is 1. The van der Waals surface area contributed by atoms with Crippen LogP contribution in [0.15, 0.2) is 10.6 Å². The number of furan rings is 1. The van der Waals surface area contributed by atoms with Gasteiger partial charge in [0.1, 0.15) is 11.5 Å². The molecule has 18 heavy (non-hydrogen) atoms. The summed E-state index contributed by atoms with van der Waals surface area (Å²) in [5.74, 6) is 7.42. The lowest BCUT2D eigenvalue weighted by Crippen LogP contribution is -2.31. The highest BCUT2D eigenvalue weighted by molar-refractivity contribution is 6.31. The number of rotatable bonds is 3. The van der Waals surface area contributed by atoms with Crippen molar-refractivity contribution in [3.8, 4) is 0 Å². The monoisotopic (exact) mass is 268 g/mol. The highest BCUT2D eigenvalue weighted by Crippen LogP contribution is 2.33. The molecule has 0 aliphatic heterocycles. The Balaban J connectivity index is 2.59. The molecule has 0 saturated heterocycles. The molecule has 1 unspecified atom stereocenters. The molecule has 6 heteroatoms. The Bertz CT molecular complexity index is 553. The maximum absolute atomic E-state index is 6.17. The van der Waals surface area contributed by atoms with Gasteiger partial charge in [-0.2, -0.15) is 5.10 Å². The maximum Gasteiger partial charge on any atom is 0.106 e. The minimum Gasteiger partial charge on any atom is -0.466 e. The Hall–Kier alpha value is -1.30. The van der Waals surface area contributed by atoms with Crippen molar-refractivity contribution in [2.45, 2.75) is 26.8 Å². The van der Waals surface area contributed by atoms with Crippen molar-refractivity contribution in [3.05, 3.63) is 39.6 Å². The summed E-state index contributed by atoms with van der Waals surface area (Å²) >= 11 is 6.17. The zero-order chi connectivity index (χ0) is 13.4. The summed E-state index contributed by atoms with van der Waals surface area (Å²) in [5.41, 5.74) is 5.71. The topological polar surface area (TPSA) is 69.0 Å². The fourth-order valence-corrected chi connectivity index (χ4v) is 2.55. The second kappa shape index (κ2) is 4.76. The molecule has 2 heterocycles. The van der Waals surface area contributed by atoms with Crippen molar-refractivity contribution in [2.75, 3.05) is 0 Å². The SMILES string of the molecule is Cc1oc(C)c(C(NN)c2c(Cl)cnn2C)c1C. The molecule has 2 aromatic rings. The largest absolute Gasteiger partial charge is 0.466 e. The van der Waals surface area contributed by atoms with Crippen molar-refractivity contribution >= 4 is 11.6 Å². The molecule has 0 aliphatic rings. The fraction of sp³-hybridized carbons (Fsp3) is 0.417. The summed E-state index contributed by atoms with van der Waals surface area (Å²) in [7, 11) is 1.84. The van der Waals surface area contributed by atoms with Gasteiger partial charge in [0, 0.05) is 12.6 Å². The van der Waals surface area contributed by atoms with Gasteiger partial charge >= 0.3 is 0 Å². The van der Waals surface area contributed by atoms with Gasteiger partial charge in [0.05, 0.1) is 23.0 Å². The standard InChI is InChI=1S/C12H17ClN4O/c1-6-7(2)18-8(3)10(6)11(16-14)12-9(13)5-15-17(12)4/h5,11,16H,14H2,1-4H3. The molecule has 98 valence electrons. The minimum absolute atomic E-state index is 0.234. The molecule has 0 amide bonds. The van der Waals surface area contributed by atoms with Gasteiger partial charge in [-0.05, 0) is 26.3 Å². The van der Waals surface area contributed by atoms with Gasteiger partial charge in [-0.1, -0.05) is 11.6 Å². The number of nitrogens with one attached hydrogen (secondary N) is 1. The van der Waals surface area contributed by atoms with Crippen LogP contribution in [0.4, 0.5) is 0 Å². The molecule has 0 radical (unpaired) electrons. The lowest BCUT2D eigenvalue weighted by atomic mass is 10.00. The number of nitrogens with zero attached hydrogens (tertiary/aromatic N) is 2. The van der Waals surface area contributed by atoms with Crippen molar-refractivity contribution in [3.63, 3.8) is 0 Å². The molecule has 5 nitrogen and oxygen atoms in total. The fourth-order valence-electron chi connectivity index (χ4n) is 2.28. The Morgan fingerprint density at radius 3 is 2.44 bits per heavy atom.